The zero-order valence-electron chi connectivity index (χ0n) is 37.6. The number of carbonyl (C=O) groups is 4. The van der Waals surface area contributed by atoms with Crippen molar-refractivity contribution >= 4 is 91.4 Å². The highest BCUT2D eigenvalue weighted by Gasteiger charge is 2.19. The monoisotopic (exact) mass is 947 g/mol. The largest absolute Gasteiger partial charge is 0.481 e. The van der Waals surface area contributed by atoms with Crippen LogP contribution in [-0.2, 0) is 35.3 Å². The van der Waals surface area contributed by atoms with Gasteiger partial charge in [0.2, 0.25) is 5.91 Å². The summed E-state index contributed by atoms with van der Waals surface area (Å²) in [7, 11) is 7.20. The van der Waals surface area contributed by atoms with Gasteiger partial charge in [0.15, 0.2) is 0 Å². The van der Waals surface area contributed by atoms with E-state index in [0.29, 0.717) is 69.8 Å². The molecule has 0 radical (unpaired) electrons. The minimum atomic E-state index is -0.998. The van der Waals surface area contributed by atoms with E-state index in [2.05, 4.69) is 30.6 Å². The first-order valence-electron chi connectivity index (χ1n) is 21.3. The number of carboxylic acid groups (broad SMARTS) is 1. The summed E-state index contributed by atoms with van der Waals surface area (Å²) in [6, 6.07) is 42.0. The van der Waals surface area contributed by atoms with Crippen LogP contribution in [0.2, 0.25) is 10.3 Å². The first kappa shape index (κ1) is 48.0. The number of fused-ring (bicyclic) bond motifs is 2. The summed E-state index contributed by atoms with van der Waals surface area (Å²) in [4.78, 5) is 69.2. The molecule has 14 nitrogen and oxygen atoms in total. The Bertz CT molecular complexity index is 2950. The van der Waals surface area contributed by atoms with Crippen LogP contribution >= 0.6 is 23.2 Å². The zero-order valence-corrected chi connectivity index (χ0v) is 39.1. The molecule has 0 aliphatic rings. The van der Waals surface area contributed by atoms with Gasteiger partial charge in [-0.2, -0.15) is 0 Å². The molecule has 5 N–H and O–H groups in total. The Labute approximate surface area is 402 Å². The van der Waals surface area contributed by atoms with Gasteiger partial charge in [-0.15, -0.1) is 0 Å². The zero-order chi connectivity index (χ0) is 48.5. The molecule has 344 valence electrons. The minimum absolute atomic E-state index is 0.0295. The van der Waals surface area contributed by atoms with E-state index in [1.807, 2.05) is 148 Å². The van der Waals surface area contributed by atoms with Crippen LogP contribution in [0.1, 0.15) is 54.6 Å². The number of benzene rings is 6. The lowest BCUT2D eigenvalue weighted by Crippen LogP contribution is -2.20. The van der Waals surface area contributed by atoms with Crippen LogP contribution in [0.15, 0.2) is 133 Å². The van der Waals surface area contributed by atoms with E-state index in [1.54, 1.807) is 23.9 Å². The second kappa shape index (κ2) is 21.6. The highest BCUT2D eigenvalue weighted by molar-refractivity contribution is 6.31. The van der Waals surface area contributed by atoms with Crippen molar-refractivity contribution in [2.75, 3.05) is 48.6 Å². The lowest BCUT2D eigenvalue weighted by molar-refractivity contribution is -0.136. The Morgan fingerprint density at radius 2 is 0.912 bits per heavy atom. The van der Waals surface area contributed by atoms with Gasteiger partial charge in [0.1, 0.15) is 33.6 Å². The fourth-order valence-corrected chi connectivity index (χ4v) is 7.85. The molecule has 2 aromatic heterocycles. The van der Waals surface area contributed by atoms with Crippen LogP contribution in [0, 0.1) is 0 Å². The van der Waals surface area contributed by atoms with E-state index in [-0.39, 0.29) is 35.0 Å². The van der Waals surface area contributed by atoms with E-state index >= 15 is 0 Å². The number of hydrogen-bond acceptors (Lipinski definition) is 10. The first-order chi connectivity index (χ1) is 32.6. The quantitative estimate of drug-likeness (QED) is 0.0760. The van der Waals surface area contributed by atoms with Gasteiger partial charge in [0.05, 0.1) is 12.8 Å². The van der Waals surface area contributed by atoms with Crippen LogP contribution < -0.4 is 26.2 Å². The molecule has 6 aromatic carbocycles. The third-order valence-electron chi connectivity index (χ3n) is 10.7. The number of amides is 3. The van der Waals surface area contributed by atoms with Gasteiger partial charge in [-0.25, -0.2) is 19.9 Å². The summed E-state index contributed by atoms with van der Waals surface area (Å²) in [6.07, 6.45) is 0.569. The van der Waals surface area contributed by atoms with Crippen molar-refractivity contribution in [1.82, 2.24) is 19.9 Å². The van der Waals surface area contributed by atoms with Crippen LogP contribution in [0.4, 0.5) is 23.0 Å². The molecule has 68 heavy (non-hydrogen) atoms. The number of rotatable bonds is 14. The Kier molecular flexibility index (Phi) is 15.2. The van der Waals surface area contributed by atoms with Gasteiger partial charge < -0.3 is 31.3 Å². The van der Waals surface area contributed by atoms with Crippen LogP contribution in [-0.4, -0.2) is 76.9 Å². The van der Waals surface area contributed by atoms with Gasteiger partial charge in [0, 0.05) is 74.7 Å². The number of carboxylic acids is 1. The van der Waals surface area contributed by atoms with E-state index in [4.69, 9.17) is 34.0 Å². The molecule has 0 saturated carbocycles. The number of hydrogen-bond donors (Lipinski definition) is 4. The molecule has 3 amide bonds. The van der Waals surface area contributed by atoms with Crippen molar-refractivity contribution in [3.05, 3.63) is 189 Å². The van der Waals surface area contributed by atoms with Gasteiger partial charge >= 0.3 is 5.97 Å². The molecule has 0 aliphatic heterocycles. The summed E-state index contributed by atoms with van der Waals surface area (Å²) in [6.45, 7) is 0. The number of aromatic nitrogens is 4. The number of halogens is 2. The SMILES string of the molecule is CN(C)c1nc(Cc2ccc(NC(=O)c3ccc4ccccc4c3)cc2)nc(Cl)c1CC(=O)O.CN(C)c1nc(Cc2ccc(NC(=O)c3ccc4ccccc4c3)cc2)nc(Cl)c1CC(N)=O. The third kappa shape index (κ3) is 12.3. The number of nitrogens with one attached hydrogen (secondary N) is 2. The normalized spacial score (nSPS) is 10.8. The van der Waals surface area contributed by atoms with Crippen molar-refractivity contribution in [2.45, 2.75) is 25.7 Å². The number of nitrogens with two attached hydrogens (primary N) is 1. The Morgan fingerprint density at radius 1 is 0.529 bits per heavy atom. The fraction of sp³-hybridized carbons (Fsp3) is 0.154. The maximum absolute atomic E-state index is 12.7. The van der Waals surface area contributed by atoms with Crippen LogP contribution in [0.5, 0.6) is 0 Å². The molecule has 0 saturated heterocycles. The molecule has 0 aliphatic carbocycles. The molecule has 8 aromatic rings. The Hall–Kier alpha value is -7.94. The molecule has 0 fully saturated rings. The summed E-state index contributed by atoms with van der Waals surface area (Å²) >= 11 is 12.6. The standard InChI is InChI=1S/C26H24ClN5O2.C26H23ClN4O3/c1-32(2)25-21(15-22(28)33)24(27)30-23(31-25)13-16-7-11-20(12-8-16)29-26(34)19-10-9-17-5-3-4-6-18(17)14-19;1-31(2)25-21(15-23(32)33)24(27)29-22(30-25)13-16-7-11-20(12-8-16)28-26(34)19-10-9-17-5-3-4-6-18(17)14-19/h3-12,14H,13,15H2,1-2H3,(H2,28,33)(H,29,34);3-12,14H,13,15H2,1-2H3,(H,28,34)(H,32,33). The number of primary amides is 1. The van der Waals surface area contributed by atoms with Crippen LogP contribution in [0.25, 0.3) is 21.5 Å². The molecule has 16 heteroatoms. The number of carbonyl (C=O) groups excluding carboxylic acids is 3. The number of anilines is 4. The van der Waals surface area contributed by atoms with Crippen molar-refractivity contribution in [3.8, 4) is 0 Å². The van der Waals surface area contributed by atoms with Crippen molar-refractivity contribution < 1.29 is 24.3 Å². The summed E-state index contributed by atoms with van der Waals surface area (Å²) in [5.74, 6) is 0.202. The van der Waals surface area contributed by atoms with E-state index in [0.717, 1.165) is 32.7 Å². The smallest absolute Gasteiger partial charge is 0.308 e. The third-order valence-corrected chi connectivity index (χ3v) is 11.3. The molecular formula is C52H47Cl2N9O5. The summed E-state index contributed by atoms with van der Waals surface area (Å²) < 4.78 is 0. The Morgan fingerprint density at radius 3 is 1.28 bits per heavy atom. The lowest BCUT2D eigenvalue weighted by Gasteiger charge is -2.17. The van der Waals surface area contributed by atoms with Gasteiger partial charge in [-0.05, 0) is 81.2 Å². The maximum Gasteiger partial charge on any atom is 0.308 e. The predicted molar refractivity (Wildman–Crippen MR) is 269 cm³/mol. The van der Waals surface area contributed by atoms with Crippen LogP contribution in [0.3, 0.4) is 0 Å². The second-order valence-electron chi connectivity index (χ2n) is 16.2. The lowest BCUT2D eigenvalue weighted by atomic mass is 10.1. The predicted octanol–water partition coefficient (Wildman–Crippen LogP) is 9.04. The topological polar surface area (TPSA) is 197 Å². The van der Waals surface area contributed by atoms with Gasteiger partial charge in [0.25, 0.3) is 11.8 Å². The second-order valence-corrected chi connectivity index (χ2v) is 17.0. The average molecular weight is 949 g/mol. The van der Waals surface area contributed by atoms with Crippen molar-refractivity contribution in [1.29, 1.82) is 0 Å². The summed E-state index contributed by atoms with van der Waals surface area (Å²) in [5.41, 5.74) is 10.6. The molecule has 0 unspecified atom stereocenters. The fourth-order valence-electron chi connectivity index (χ4n) is 7.35. The van der Waals surface area contributed by atoms with Gasteiger partial charge in [-0.3, -0.25) is 19.2 Å². The molecule has 0 spiro atoms. The highest BCUT2D eigenvalue weighted by atomic mass is 35.5. The number of nitrogens with zero attached hydrogens (tertiary/aromatic N) is 6. The van der Waals surface area contributed by atoms with E-state index in [9.17, 15) is 19.2 Å². The van der Waals surface area contributed by atoms with E-state index < -0.39 is 11.9 Å². The molecular weight excluding hydrogens is 902 g/mol. The Balaban J connectivity index is 0.000000201. The van der Waals surface area contributed by atoms with Gasteiger partial charge in [-0.1, -0.05) is 108 Å². The summed E-state index contributed by atoms with van der Waals surface area (Å²) in [5, 5.41) is 19.5. The molecule has 2 heterocycles. The maximum atomic E-state index is 12.7. The van der Waals surface area contributed by atoms with E-state index in [1.165, 1.54) is 0 Å². The average Bonchev–Trinajstić information content (AvgIpc) is 3.31. The minimum Gasteiger partial charge on any atom is -0.481 e. The number of aliphatic carboxylic acids is 1. The molecule has 8 rings (SSSR count). The first-order valence-corrected chi connectivity index (χ1v) is 22.1. The molecule has 0 atom stereocenters. The van der Waals surface area contributed by atoms with Crippen molar-refractivity contribution in [2.24, 2.45) is 5.73 Å². The highest BCUT2D eigenvalue weighted by Crippen LogP contribution is 2.27. The molecule has 0 bridgehead atoms. The van der Waals surface area contributed by atoms with Crippen molar-refractivity contribution in [3.63, 3.8) is 0 Å².